The zero-order valence-electron chi connectivity index (χ0n) is 35.0. The highest BCUT2D eigenvalue weighted by molar-refractivity contribution is 6.50. The summed E-state index contributed by atoms with van der Waals surface area (Å²) < 4.78 is 53.0. The first-order valence-electron chi connectivity index (χ1n) is 21.9. The van der Waals surface area contributed by atoms with Gasteiger partial charge in [-0.1, -0.05) is 146 Å². The van der Waals surface area contributed by atoms with Gasteiger partial charge in [-0.15, -0.1) is 0 Å². The zero-order chi connectivity index (χ0) is 43.2. The van der Waals surface area contributed by atoms with Crippen LogP contribution in [-0.2, 0) is 11.2 Å². The minimum absolute atomic E-state index is 0.911. The summed E-state index contributed by atoms with van der Waals surface area (Å²) in [5.41, 5.74) is 17.9. The Kier molecular flexibility index (Phi) is 12.4. The molecular weight excluding hydrogens is 791 g/mol. The van der Waals surface area contributed by atoms with E-state index in [1.54, 1.807) is 0 Å². The van der Waals surface area contributed by atoms with Crippen LogP contribution in [0.15, 0.2) is 208 Å². The molecule has 0 bridgehead atoms. The van der Waals surface area contributed by atoms with E-state index in [4.69, 9.17) is 9.15 Å². The number of ether oxygens (including phenoxy) is 1. The Balaban J connectivity index is 0.000000956. The summed E-state index contributed by atoms with van der Waals surface area (Å²) in [7, 11) is -6.00. The second-order valence-electron chi connectivity index (χ2n) is 16.3. The summed E-state index contributed by atoms with van der Waals surface area (Å²) in [6.45, 7) is 0. The number of rotatable bonds is 7. The van der Waals surface area contributed by atoms with Crippen LogP contribution in [0.25, 0.3) is 44.9 Å². The summed E-state index contributed by atoms with van der Waals surface area (Å²) in [6, 6.07) is 56.1. The maximum absolute atomic E-state index is 9.75. The third-order valence-corrected chi connectivity index (χ3v) is 12.1. The number of benzene rings is 5. The fourth-order valence-corrected chi connectivity index (χ4v) is 9.36. The highest BCUT2D eigenvalue weighted by Gasteiger charge is 2.33. The molecule has 1 aliphatic heterocycles. The second-order valence-corrected chi connectivity index (χ2v) is 16.3. The van der Waals surface area contributed by atoms with Crippen molar-refractivity contribution in [3.05, 3.63) is 232 Å². The highest BCUT2D eigenvalue weighted by Crippen LogP contribution is 2.47. The van der Waals surface area contributed by atoms with Crippen molar-refractivity contribution >= 4 is 29.7 Å². The molecule has 2 heterocycles. The van der Waals surface area contributed by atoms with Crippen LogP contribution in [0.1, 0.15) is 79.4 Å². The van der Waals surface area contributed by atoms with Crippen molar-refractivity contribution in [2.45, 2.75) is 57.8 Å². The van der Waals surface area contributed by atoms with E-state index >= 15 is 0 Å². The second kappa shape index (κ2) is 18.7. The summed E-state index contributed by atoms with van der Waals surface area (Å²) in [5, 5.41) is 0. The first kappa shape index (κ1) is 41.6. The molecule has 0 radical (unpaired) electrons. The van der Waals surface area contributed by atoms with Gasteiger partial charge in [0.05, 0.1) is 22.8 Å². The van der Waals surface area contributed by atoms with Crippen LogP contribution in [-0.4, -0.2) is 7.25 Å². The van der Waals surface area contributed by atoms with Gasteiger partial charge in [0.1, 0.15) is 11.5 Å². The first-order chi connectivity index (χ1) is 30.8. The molecule has 7 heteroatoms. The molecule has 0 spiro atoms. The largest absolute Gasteiger partial charge is 0.673 e. The number of hydrogen-bond acceptors (Lipinski definition) is 1. The van der Waals surface area contributed by atoms with Gasteiger partial charge in [-0.25, -0.2) is 4.42 Å². The molecule has 0 saturated heterocycles. The fourth-order valence-electron chi connectivity index (χ4n) is 9.36. The van der Waals surface area contributed by atoms with Crippen LogP contribution in [0.5, 0.6) is 0 Å². The highest BCUT2D eigenvalue weighted by atomic mass is 19.5. The van der Waals surface area contributed by atoms with E-state index in [1.165, 1.54) is 66.8 Å². The molecule has 314 valence electrons. The molecule has 0 unspecified atom stereocenters. The number of allylic oxidation sites excluding steroid dienone is 10. The van der Waals surface area contributed by atoms with Gasteiger partial charge in [-0.05, 0) is 127 Å². The molecule has 4 aliphatic rings. The summed E-state index contributed by atoms with van der Waals surface area (Å²) >= 11 is 0. The van der Waals surface area contributed by atoms with Gasteiger partial charge >= 0.3 is 18.8 Å². The Morgan fingerprint density at radius 2 is 0.984 bits per heavy atom. The Bertz CT molecular complexity index is 2780. The molecule has 2 nitrogen and oxygen atoms in total. The Hall–Kier alpha value is -6.73. The zero-order valence-corrected chi connectivity index (χ0v) is 35.0. The molecule has 6 aromatic rings. The van der Waals surface area contributed by atoms with Crippen LogP contribution in [0.2, 0.25) is 0 Å². The third kappa shape index (κ3) is 9.68. The average molecular weight is 839 g/mol. The van der Waals surface area contributed by atoms with E-state index in [0.717, 1.165) is 92.0 Å². The van der Waals surface area contributed by atoms with Crippen LogP contribution < -0.4 is 0 Å². The average Bonchev–Trinajstić information content (AvgIpc) is 3.32. The molecular formula is C56H47BF4O2. The lowest BCUT2D eigenvalue weighted by molar-refractivity contribution is 0.368. The van der Waals surface area contributed by atoms with Crippen molar-refractivity contribution in [1.29, 1.82) is 0 Å². The van der Waals surface area contributed by atoms with Crippen molar-refractivity contribution < 1.29 is 26.4 Å². The molecule has 0 amide bonds. The Morgan fingerprint density at radius 1 is 0.492 bits per heavy atom. The lowest BCUT2D eigenvalue weighted by Crippen LogP contribution is -2.12. The molecule has 10 rings (SSSR count). The van der Waals surface area contributed by atoms with Gasteiger partial charge in [-0.3, -0.25) is 0 Å². The number of halogens is 4. The molecule has 3 aliphatic carbocycles. The van der Waals surface area contributed by atoms with Crippen molar-refractivity contribution in [2.75, 3.05) is 0 Å². The SMILES string of the molecule is C(=C1CCCC(C=C2CCCc3c(-c4ccccc4)cc(-c4ccccc4)[o+]c32)=C1c1ccccc1)C1=C2OC(c3ccccc3)=CC(c3ccccc3)=C2CCC1.F[B-](F)(F)F. The molecule has 1 aromatic heterocycles. The van der Waals surface area contributed by atoms with Crippen LogP contribution in [0.3, 0.4) is 0 Å². The van der Waals surface area contributed by atoms with Crippen molar-refractivity contribution in [2.24, 2.45) is 0 Å². The minimum atomic E-state index is -6.00. The van der Waals surface area contributed by atoms with Crippen molar-refractivity contribution in [3.8, 4) is 22.5 Å². The molecule has 0 saturated carbocycles. The maximum atomic E-state index is 9.75. The van der Waals surface area contributed by atoms with Gasteiger partial charge in [0.25, 0.3) is 0 Å². The van der Waals surface area contributed by atoms with Gasteiger partial charge in [-0.2, -0.15) is 0 Å². The van der Waals surface area contributed by atoms with E-state index < -0.39 is 7.25 Å². The lowest BCUT2D eigenvalue weighted by Gasteiger charge is -2.30. The quantitative estimate of drug-likeness (QED) is 0.0907. The molecule has 0 fully saturated rings. The standard InChI is InChI=1S/C56H47O2.BF4/c1-6-19-39(20-7-1)50-37-52(41-23-10-3-11-24-41)57-55-46(31-17-33-48(50)55)35-44-29-16-30-45(54(44)43-27-14-5-15-28-43)36-47-32-18-34-49-51(40-21-8-2-9-22-40)38-53(58-56(47)49)42-25-12-4-13-26-42;2-1(3,4)5/h1-15,19-28,35-38H,16-18,29-34H2;/q+1;-1. The van der Waals surface area contributed by atoms with E-state index in [2.05, 4.69) is 176 Å². The number of hydrogen-bond donors (Lipinski definition) is 0. The van der Waals surface area contributed by atoms with Crippen LogP contribution in [0.4, 0.5) is 17.3 Å². The van der Waals surface area contributed by atoms with Crippen LogP contribution in [0, 0.1) is 0 Å². The van der Waals surface area contributed by atoms with Crippen molar-refractivity contribution in [1.82, 2.24) is 0 Å². The summed E-state index contributed by atoms with van der Waals surface area (Å²) in [4.78, 5) is 0. The summed E-state index contributed by atoms with van der Waals surface area (Å²) in [5.74, 6) is 3.90. The molecule has 5 aromatic carbocycles. The monoisotopic (exact) mass is 838 g/mol. The predicted molar refractivity (Wildman–Crippen MR) is 250 cm³/mol. The predicted octanol–water partition coefficient (Wildman–Crippen LogP) is 16.4. The first-order valence-corrected chi connectivity index (χ1v) is 21.9. The van der Waals surface area contributed by atoms with E-state index in [-0.39, 0.29) is 0 Å². The Morgan fingerprint density at radius 3 is 1.62 bits per heavy atom. The minimum Gasteiger partial charge on any atom is -0.456 e. The van der Waals surface area contributed by atoms with Gasteiger partial charge in [0, 0.05) is 16.7 Å². The molecule has 0 N–H and O–H groups in total. The maximum Gasteiger partial charge on any atom is 0.673 e. The van der Waals surface area contributed by atoms with Crippen LogP contribution >= 0.6 is 0 Å². The molecule has 63 heavy (non-hydrogen) atoms. The van der Waals surface area contributed by atoms with E-state index in [9.17, 15) is 17.3 Å². The van der Waals surface area contributed by atoms with Gasteiger partial charge in [0.2, 0.25) is 0 Å². The number of fused-ring (bicyclic) bond motifs is 2. The fraction of sp³-hybridized carbons (Fsp3) is 0.161. The van der Waals surface area contributed by atoms with E-state index in [1.807, 2.05) is 0 Å². The normalized spacial score (nSPS) is 17.7. The smallest absolute Gasteiger partial charge is 0.456 e. The third-order valence-electron chi connectivity index (χ3n) is 12.1. The summed E-state index contributed by atoms with van der Waals surface area (Å²) in [6.07, 6.45) is 16.6. The van der Waals surface area contributed by atoms with E-state index in [0.29, 0.717) is 0 Å². The topological polar surface area (TPSA) is 20.5 Å². The van der Waals surface area contributed by atoms with Crippen molar-refractivity contribution in [3.63, 3.8) is 0 Å². The van der Waals surface area contributed by atoms with Gasteiger partial charge in [0.15, 0.2) is 0 Å². The molecule has 0 atom stereocenters. The Labute approximate surface area is 367 Å². The lowest BCUT2D eigenvalue weighted by atomic mass is 9.79. The van der Waals surface area contributed by atoms with Gasteiger partial charge < -0.3 is 22.0 Å².